The molecule has 1 saturated heterocycles. The summed E-state index contributed by atoms with van der Waals surface area (Å²) < 4.78 is 16.5. The first kappa shape index (κ1) is 20.9. The van der Waals surface area contributed by atoms with Crippen molar-refractivity contribution >= 4 is 6.09 Å². The molecule has 3 aromatic rings. The Hall–Kier alpha value is -3.33. The summed E-state index contributed by atoms with van der Waals surface area (Å²) in [6.07, 6.45) is 3.43. The van der Waals surface area contributed by atoms with Crippen molar-refractivity contribution in [1.82, 2.24) is 25.0 Å². The number of carbonyl (C=O) groups is 1. The topological polar surface area (TPSA) is 103 Å². The fraction of sp³-hybridized carbons (Fsp3) is 0.409. The molecule has 9 nitrogen and oxygen atoms in total. The maximum atomic E-state index is 12.7. The average Bonchev–Trinajstić information content (AvgIpc) is 3.40. The lowest BCUT2D eigenvalue weighted by atomic mass is 10.2. The highest BCUT2D eigenvalue weighted by atomic mass is 16.6. The Morgan fingerprint density at radius 2 is 2.00 bits per heavy atom. The molecule has 1 aliphatic heterocycles. The molecule has 0 bridgehead atoms. The van der Waals surface area contributed by atoms with Crippen molar-refractivity contribution in [2.75, 3.05) is 13.7 Å². The molecule has 0 saturated carbocycles. The molecule has 4 rings (SSSR count). The third-order valence-electron chi connectivity index (χ3n) is 4.90. The van der Waals surface area contributed by atoms with Crippen LogP contribution in [0.4, 0.5) is 4.79 Å². The predicted octanol–water partition coefficient (Wildman–Crippen LogP) is 3.89. The van der Waals surface area contributed by atoms with Crippen molar-refractivity contribution in [3.63, 3.8) is 0 Å². The predicted molar refractivity (Wildman–Crippen MR) is 112 cm³/mol. The number of rotatable bonds is 4. The Bertz CT molecular complexity index is 1030. The van der Waals surface area contributed by atoms with Crippen molar-refractivity contribution in [3.8, 4) is 22.8 Å². The van der Waals surface area contributed by atoms with Gasteiger partial charge in [-0.15, -0.1) is 0 Å². The maximum absolute atomic E-state index is 12.7. The van der Waals surface area contributed by atoms with Gasteiger partial charge in [0, 0.05) is 31.5 Å². The third-order valence-corrected chi connectivity index (χ3v) is 4.90. The zero-order valence-electron chi connectivity index (χ0n) is 18.0. The highest BCUT2D eigenvalue weighted by Crippen LogP contribution is 2.34. The van der Waals surface area contributed by atoms with Crippen molar-refractivity contribution < 1.29 is 18.8 Å². The van der Waals surface area contributed by atoms with Crippen LogP contribution in [0.15, 0.2) is 47.2 Å². The molecule has 1 amide bonds. The fourth-order valence-corrected chi connectivity index (χ4v) is 3.41. The molecule has 2 atom stereocenters. The third kappa shape index (κ3) is 4.72. The molecule has 1 aliphatic rings. The molecular weight excluding hydrogens is 398 g/mol. The van der Waals surface area contributed by atoms with E-state index in [0.717, 1.165) is 11.3 Å². The molecule has 3 aromatic heterocycles. The second-order valence-electron chi connectivity index (χ2n) is 8.35. The van der Waals surface area contributed by atoms with Crippen LogP contribution in [0.3, 0.4) is 0 Å². The molecule has 0 unspecified atom stereocenters. The highest BCUT2D eigenvalue weighted by molar-refractivity contribution is 5.69. The van der Waals surface area contributed by atoms with E-state index in [4.69, 9.17) is 14.0 Å². The van der Waals surface area contributed by atoms with Crippen LogP contribution in [0.1, 0.15) is 39.1 Å². The average molecular weight is 423 g/mol. The van der Waals surface area contributed by atoms with E-state index in [1.165, 1.54) is 0 Å². The van der Waals surface area contributed by atoms with E-state index in [0.29, 0.717) is 30.4 Å². The normalized spacial score (nSPS) is 18.9. The van der Waals surface area contributed by atoms with Crippen LogP contribution in [0, 0.1) is 0 Å². The molecule has 4 heterocycles. The van der Waals surface area contributed by atoms with Gasteiger partial charge in [-0.3, -0.25) is 14.9 Å². The Morgan fingerprint density at radius 3 is 2.65 bits per heavy atom. The Balaban J connectivity index is 1.54. The number of methoxy groups -OCH3 is 1. The molecule has 31 heavy (non-hydrogen) atoms. The summed E-state index contributed by atoms with van der Waals surface area (Å²) in [7, 11) is 1.62. The summed E-state index contributed by atoms with van der Waals surface area (Å²) >= 11 is 0. The van der Waals surface area contributed by atoms with Crippen molar-refractivity contribution in [2.45, 2.75) is 44.9 Å². The van der Waals surface area contributed by atoms with E-state index in [1.807, 2.05) is 51.1 Å². The minimum absolute atomic E-state index is 0.136. The van der Waals surface area contributed by atoms with Crippen molar-refractivity contribution in [2.24, 2.45) is 0 Å². The summed E-state index contributed by atoms with van der Waals surface area (Å²) in [5.41, 5.74) is 1.69. The van der Waals surface area contributed by atoms with Gasteiger partial charge in [-0.1, -0.05) is 11.2 Å². The smallest absolute Gasteiger partial charge is 0.411 e. The van der Waals surface area contributed by atoms with Crippen LogP contribution in [-0.4, -0.2) is 56.5 Å². The van der Waals surface area contributed by atoms with Crippen LogP contribution in [-0.2, 0) is 9.47 Å². The number of hydrogen-bond acceptors (Lipinski definition) is 8. The van der Waals surface area contributed by atoms with Gasteiger partial charge < -0.3 is 14.0 Å². The van der Waals surface area contributed by atoms with Gasteiger partial charge in [0.15, 0.2) is 0 Å². The number of aromatic nitrogens is 4. The molecule has 1 fully saturated rings. The molecular formula is C22H25N5O4. The van der Waals surface area contributed by atoms with Gasteiger partial charge in [0.25, 0.3) is 0 Å². The monoisotopic (exact) mass is 423 g/mol. The summed E-state index contributed by atoms with van der Waals surface area (Å²) in [4.78, 5) is 27.5. The van der Waals surface area contributed by atoms with E-state index in [2.05, 4.69) is 20.1 Å². The van der Waals surface area contributed by atoms with Gasteiger partial charge in [0.05, 0.1) is 18.3 Å². The number of amides is 1. The van der Waals surface area contributed by atoms with Crippen molar-refractivity contribution in [3.05, 3.63) is 48.6 Å². The van der Waals surface area contributed by atoms with E-state index in [9.17, 15) is 4.79 Å². The van der Waals surface area contributed by atoms with E-state index >= 15 is 0 Å². The second kappa shape index (κ2) is 8.43. The van der Waals surface area contributed by atoms with E-state index in [-0.39, 0.29) is 6.10 Å². The molecule has 162 valence electrons. The van der Waals surface area contributed by atoms with Crippen molar-refractivity contribution in [1.29, 1.82) is 0 Å². The zero-order chi connectivity index (χ0) is 22.0. The number of hydrogen-bond donors (Lipinski definition) is 0. The molecule has 0 N–H and O–H groups in total. The fourth-order valence-electron chi connectivity index (χ4n) is 3.41. The largest absolute Gasteiger partial charge is 0.444 e. The first-order valence-electron chi connectivity index (χ1n) is 10.1. The standard InChI is InChI=1S/C22H25N5O4/c1-22(2,3)30-21(28)27-13-15(29-4)11-18(27)20-25-19(26-31-20)17-9-8-14(12-24-17)16-7-5-6-10-23-16/h5-10,12,15,18H,11,13H2,1-4H3/t15-,18-/m0/s1. The van der Waals surface area contributed by atoms with Crippen LogP contribution < -0.4 is 0 Å². The molecule has 0 spiro atoms. The highest BCUT2D eigenvalue weighted by Gasteiger charge is 2.41. The summed E-state index contributed by atoms with van der Waals surface area (Å²) in [5.74, 6) is 0.684. The minimum atomic E-state index is -0.605. The Kier molecular flexibility index (Phi) is 5.69. The second-order valence-corrected chi connectivity index (χ2v) is 8.35. The number of ether oxygens (including phenoxy) is 2. The minimum Gasteiger partial charge on any atom is -0.444 e. The lowest BCUT2D eigenvalue weighted by Gasteiger charge is -2.26. The number of pyridine rings is 2. The summed E-state index contributed by atoms with van der Waals surface area (Å²) in [6.45, 7) is 5.88. The lowest BCUT2D eigenvalue weighted by Crippen LogP contribution is -2.37. The van der Waals surface area contributed by atoms with Crippen LogP contribution >= 0.6 is 0 Å². The van der Waals surface area contributed by atoms with Gasteiger partial charge in [-0.05, 0) is 45.0 Å². The quantitative estimate of drug-likeness (QED) is 0.623. The SMILES string of the molecule is CO[C@H]1C[C@@H](c2nc(-c3ccc(-c4ccccn4)cn3)no2)N(C(=O)OC(C)(C)C)C1. The van der Waals surface area contributed by atoms with Gasteiger partial charge in [-0.2, -0.15) is 4.98 Å². The van der Waals surface area contributed by atoms with Gasteiger partial charge in [0.2, 0.25) is 11.7 Å². The van der Waals surface area contributed by atoms with Gasteiger partial charge in [0.1, 0.15) is 17.3 Å². The number of nitrogens with zero attached hydrogens (tertiary/aromatic N) is 5. The molecule has 0 aromatic carbocycles. The van der Waals surface area contributed by atoms with E-state index < -0.39 is 17.7 Å². The lowest BCUT2D eigenvalue weighted by molar-refractivity contribution is 0.0174. The van der Waals surface area contributed by atoms with Crippen LogP contribution in [0.5, 0.6) is 0 Å². The van der Waals surface area contributed by atoms with Crippen LogP contribution in [0.25, 0.3) is 22.8 Å². The molecule has 9 heteroatoms. The Labute approximate surface area is 180 Å². The summed E-state index contributed by atoms with van der Waals surface area (Å²) in [5, 5.41) is 4.07. The first-order valence-corrected chi connectivity index (χ1v) is 10.1. The Morgan fingerprint density at radius 1 is 1.16 bits per heavy atom. The molecule has 0 aliphatic carbocycles. The number of carbonyl (C=O) groups excluding carboxylic acids is 1. The number of likely N-dealkylation sites (tertiary alicyclic amines) is 1. The van der Waals surface area contributed by atoms with Crippen LogP contribution in [0.2, 0.25) is 0 Å². The van der Waals surface area contributed by atoms with Gasteiger partial charge >= 0.3 is 6.09 Å². The first-order chi connectivity index (χ1) is 14.8. The zero-order valence-corrected chi connectivity index (χ0v) is 18.0. The maximum Gasteiger partial charge on any atom is 0.411 e. The van der Waals surface area contributed by atoms with Gasteiger partial charge in [-0.25, -0.2) is 4.79 Å². The molecule has 0 radical (unpaired) electrons. The summed E-state index contributed by atoms with van der Waals surface area (Å²) in [6, 6.07) is 9.01. The van der Waals surface area contributed by atoms with E-state index in [1.54, 1.807) is 24.4 Å².